The minimum absolute atomic E-state index is 0.0159. The van der Waals surface area contributed by atoms with Crippen LogP contribution in [0.1, 0.15) is 23.2 Å². The lowest BCUT2D eigenvalue weighted by molar-refractivity contribution is -0.129. The number of amides is 1. The maximum absolute atomic E-state index is 13.2. The second kappa shape index (κ2) is 5.40. The number of likely N-dealkylation sites (N-methyl/N-ethyl adjacent to an activating group) is 1. The largest absolute Gasteiger partial charge is 0.337 e. The first-order chi connectivity index (χ1) is 11.2. The van der Waals surface area contributed by atoms with Crippen molar-refractivity contribution in [3.8, 4) is 0 Å². The average Bonchev–Trinajstić information content (AvgIpc) is 3.10. The third-order valence-electron chi connectivity index (χ3n) is 4.81. The highest BCUT2D eigenvalue weighted by Gasteiger charge is 2.54. The highest BCUT2D eigenvalue weighted by molar-refractivity contribution is 5.86. The van der Waals surface area contributed by atoms with Crippen LogP contribution in [0.25, 0.3) is 0 Å². The summed E-state index contributed by atoms with van der Waals surface area (Å²) < 4.78 is 13.2. The number of rotatable bonds is 2. The van der Waals surface area contributed by atoms with Gasteiger partial charge in [0.05, 0.1) is 12.1 Å². The number of hydrogen-bond acceptors (Lipinski definition) is 4. The van der Waals surface area contributed by atoms with Crippen LogP contribution < -0.4 is 10.9 Å². The Kier molecular flexibility index (Phi) is 3.36. The number of likely N-dealkylation sites (tertiary alicyclic amines) is 1. The average molecular weight is 312 g/mol. The highest BCUT2D eigenvalue weighted by Crippen LogP contribution is 2.46. The molecule has 2 saturated heterocycles. The van der Waals surface area contributed by atoms with Gasteiger partial charge in [-0.15, -0.1) is 0 Å². The number of hydrazine groups is 1. The Bertz CT molecular complexity index is 721. The molecule has 0 bridgehead atoms. The third-order valence-corrected chi connectivity index (χ3v) is 4.81. The summed E-state index contributed by atoms with van der Waals surface area (Å²) in [6.45, 7) is 0. The zero-order valence-electron chi connectivity index (χ0n) is 12.6. The number of hydrogen-bond donors (Lipinski definition) is 2. The van der Waals surface area contributed by atoms with Gasteiger partial charge in [0, 0.05) is 25.4 Å². The molecule has 118 valence electrons. The Morgan fingerprint density at radius 2 is 1.83 bits per heavy atom. The van der Waals surface area contributed by atoms with E-state index in [9.17, 15) is 9.18 Å². The lowest BCUT2D eigenvalue weighted by Gasteiger charge is -2.28. The topological polar surface area (TPSA) is 57.3 Å². The van der Waals surface area contributed by atoms with E-state index in [1.807, 2.05) is 19.2 Å². The van der Waals surface area contributed by atoms with E-state index in [0.29, 0.717) is 0 Å². The predicted molar refractivity (Wildman–Crippen MR) is 82.4 cm³/mol. The van der Waals surface area contributed by atoms with E-state index >= 15 is 0 Å². The number of nitrogens with zero attached hydrogens (tertiary/aromatic N) is 2. The lowest BCUT2D eigenvalue weighted by atomic mass is 9.84. The van der Waals surface area contributed by atoms with Crippen LogP contribution in [0.3, 0.4) is 0 Å². The minimum atomic E-state index is -0.291. The fourth-order valence-corrected chi connectivity index (χ4v) is 3.74. The van der Waals surface area contributed by atoms with Crippen LogP contribution in [-0.4, -0.2) is 28.9 Å². The molecule has 2 N–H and O–H groups in total. The van der Waals surface area contributed by atoms with Gasteiger partial charge in [0.1, 0.15) is 11.9 Å². The molecule has 4 rings (SSSR count). The zero-order chi connectivity index (χ0) is 16.0. The molecule has 3 heterocycles. The van der Waals surface area contributed by atoms with Crippen molar-refractivity contribution in [2.45, 2.75) is 18.1 Å². The molecular weight excluding hydrogens is 295 g/mol. The van der Waals surface area contributed by atoms with E-state index in [4.69, 9.17) is 0 Å². The standard InChI is InChI=1S/C17H17FN4O/c1-22-16(11-3-2-8-19-9-11)13-14(20-21-15(13)17(22)23)10-4-6-12(18)7-5-10/h2-9,13-16,20-21H,1H3. The number of aromatic nitrogens is 1. The van der Waals surface area contributed by atoms with Gasteiger partial charge in [0.2, 0.25) is 5.91 Å². The van der Waals surface area contributed by atoms with E-state index in [0.717, 1.165) is 11.1 Å². The van der Waals surface area contributed by atoms with Gasteiger partial charge in [0.15, 0.2) is 0 Å². The smallest absolute Gasteiger partial charge is 0.241 e. The molecule has 2 fully saturated rings. The molecule has 1 aromatic heterocycles. The van der Waals surface area contributed by atoms with Crippen molar-refractivity contribution in [3.63, 3.8) is 0 Å². The fraction of sp³-hybridized carbons (Fsp3) is 0.294. The van der Waals surface area contributed by atoms with Gasteiger partial charge in [0.25, 0.3) is 0 Å². The molecule has 2 aliphatic rings. The molecule has 2 aliphatic heterocycles. The molecule has 0 radical (unpaired) electrons. The number of fused-ring (bicyclic) bond motifs is 1. The van der Waals surface area contributed by atoms with Crippen LogP contribution in [-0.2, 0) is 4.79 Å². The van der Waals surface area contributed by atoms with Crippen molar-refractivity contribution in [1.29, 1.82) is 0 Å². The molecule has 4 atom stereocenters. The molecule has 0 aliphatic carbocycles. The number of halogens is 1. The van der Waals surface area contributed by atoms with Crippen molar-refractivity contribution >= 4 is 5.91 Å². The summed E-state index contributed by atoms with van der Waals surface area (Å²) in [6.07, 6.45) is 3.53. The SMILES string of the molecule is CN1C(=O)C2NNC(c3ccc(F)cc3)C2C1c1cccnc1. The van der Waals surface area contributed by atoms with Gasteiger partial charge in [-0.25, -0.2) is 15.2 Å². The van der Waals surface area contributed by atoms with Crippen molar-refractivity contribution in [1.82, 2.24) is 20.7 Å². The Labute approximate surface area is 133 Å². The van der Waals surface area contributed by atoms with Gasteiger partial charge in [-0.3, -0.25) is 9.78 Å². The van der Waals surface area contributed by atoms with Gasteiger partial charge < -0.3 is 4.90 Å². The monoisotopic (exact) mass is 312 g/mol. The van der Waals surface area contributed by atoms with Crippen LogP contribution in [0.15, 0.2) is 48.8 Å². The summed E-state index contributed by atoms with van der Waals surface area (Å²) in [6, 6.07) is 9.86. The number of nitrogens with one attached hydrogen (secondary N) is 2. The van der Waals surface area contributed by atoms with Gasteiger partial charge >= 0.3 is 0 Å². The van der Waals surface area contributed by atoms with Crippen LogP contribution in [0.5, 0.6) is 0 Å². The molecule has 1 amide bonds. The van der Waals surface area contributed by atoms with Crippen LogP contribution >= 0.6 is 0 Å². The van der Waals surface area contributed by atoms with E-state index in [1.165, 1.54) is 12.1 Å². The summed E-state index contributed by atoms with van der Waals surface area (Å²) in [7, 11) is 1.82. The first kappa shape index (κ1) is 14.3. The Balaban J connectivity index is 1.74. The fourth-order valence-electron chi connectivity index (χ4n) is 3.74. The molecule has 23 heavy (non-hydrogen) atoms. The number of carbonyl (C=O) groups excluding carboxylic acids is 1. The van der Waals surface area contributed by atoms with E-state index in [1.54, 1.807) is 29.4 Å². The quantitative estimate of drug-likeness (QED) is 0.884. The normalized spacial score (nSPS) is 29.8. The third kappa shape index (κ3) is 2.22. The maximum atomic E-state index is 13.2. The van der Waals surface area contributed by atoms with Crippen molar-refractivity contribution in [2.75, 3.05) is 7.05 Å². The van der Waals surface area contributed by atoms with Crippen LogP contribution in [0.2, 0.25) is 0 Å². The molecule has 0 saturated carbocycles. The maximum Gasteiger partial charge on any atom is 0.241 e. The first-order valence-corrected chi connectivity index (χ1v) is 7.60. The molecule has 1 aromatic carbocycles. The summed E-state index contributed by atoms with van der Waals surface area (Å²) in [5.41, 5.74) is 8.28. The molecule has 6 heteroatoms. The molecule has 2 aromatic rings. The second-order valence-corrected chi connectivity index (χ2v) is 6.05. The highest BCUT2D eigenvalue weighted by atomic mass is 19.1. The lowest BCUT2D eigenvalue weighted by Crippen LogP contribution is -2.39. The molecule has 5 nitrogen and oxygen atoms in total. The van der Waals surface area contributed by atoms with Crippen LogP contribution in [0, 0.1) is 11.7 Å². The van der Waals surface area contributed by atoms with Crippen molar-refractivity contribution < 1.29 is 9.18 Å². The summed E-state index contributed by atoms with van der Waals surface area (Å²) in [5.74, 6) is -0.192. The van der Waals surface area contributed by atoms with E-state index in [-0.39, 0.29) is 35.8 Å². The van der Waals surface area contributed by atoms with Gasteiger partial charge in [-0.2, -0.15) is 0 Å². The number of pyridine rings is 1. The molecular formula is C17H17FN4O. The van der Waals surface area contributed by atoms with Crippen LogP contribution in [0.4, 0.5) is 4.39 Å². The Morgan fingerprint density at radius 3 is 2.52 bits per heavy atom. The second-order valence-electron chi connectivity index (χ2n) is 6.05. The predicted octanol–water partition coefficient (Wildman–Crippen LogP) is 1.57. The molecule has 0 spiro atoms. The number of benzene rings is 1. The minimum Gasteiger partial charge on any atom is -0.337 e. The van der Waals surface area contributed by atoms with Gasteiger partial charge in [-0.05, 0) is 29.3 Å². The summed E-state index contributed by atoms with van der Waals surface area (Å²) >= 11 is 0. The summed E-state index contributed by atoms with van der Waals surface area (Å²) in [4.78, 5) is 18.5. The van der Waals surface area contributed by atoms with Gasteiger partial charge in [-0.1, -0.05) is 18.2 Å². The van der Waals surface area contributed by atoms with Crippen molar-refractivity contribution in [2.24, 2.45) is 5.92 Å². The summed E-state index contributed by atoms with van der Waals surface area (Å²) in [5, 5.41) is 0. The number of carbonyl (C=O) groups is 1. The zero-order valence-corrected chi connectivity index (χ0v) is 12.6. The first-order valence-electron chi connectivity index (χ1n) is 7.60. The molecule has 4 unspecified atom stereocenters. The van der Waals surface area contributed by atoms with Crippen molar-refractivity contribution in [3.05, 3.63) is 65.7 Å². The Hall–Kier alpha value is -2.31. The van der Waals surface area contributed by atoms with E-state index < -0.39 is 0 Å². The van der Waals surface area contributed by atoms with E-state index in [2.05, 4.69) is 15.8 Å². The Morgan fingerprint density at radius 1 is 1.09 bits per heavy atom.